The van der Waals surface area contributed by atoms with E-state index in [0.717, 1.165) is 0 Å². The first-order chi connectivity index (χ1) is 29.3. The molecule has 1 aliphatic heterocycles. The highest BCUT2D eigenvalue weighted by atomic mass is 32.1. The summed E-state index contributed by atoms with van der Waals surface area (Å²) in [6.07, 6.45) is 0.457. The van der Waals surface area contributed by atoms with Crippen molar-refractivity contribution in [3.05, 3.63) is 0 Å². The van der Waals surface area contributed by atoms with E-state index in [1.165, 1.54) is 11.8 Å². The monoisotopic (exact) mass is 904 g/mol. The van der Waals surface area contributed by atoms with Gasteiger partial charge in [-0.25, -0.2) is 0 Å². The van der Waals surface area contributed by atoms with Crippen molar-refractivity contribution >= 4 is 71.8 Å². The highest BCUT2D eigenvalue weighted by Crippen LogP contribution is 2.21. The van der Waals surface area contributed by atoms with Crippen molar-refractivity contribution in [2.24, 2.45) is 17.6 Å². The number of carboxylic acids is 1. The number of thiol groups is 1. The molecule has 0 aromatic rings. The second-order valence-corrected chi connectivity index (χ2v) is 15.0. The Bertz CT molecular complexity index is 1540. The Morgan fingerprint density at radius 2 is 1.34 bits per heavy atom. The average molecular weight is 905 g/mol. The molecular weight excluding hydrogens is 841 g/mol. The lowest BCUT2D eigenvalue weighted by Crippen LogP contribution is -2.59. The van der Waals surface area contributed by atoms with Crippen molar-refractivity contribution in [1.82, 2.24) is 36.8 Å². The molecule has 1 rings (SSSR count). The number of esters is 1. The SMILES string of the molecule is CC[C@H](C)[C@H](NC(=O)[C@H](CS)NC(C)=O)C(=O)N1CCC[C@H]1C(=O)NCC(=O)N[C@@H](CC(N)=O)C(=O)N[C@H](C(=O)NCC(=O)OCCOCCOCCOCCC(=O)O)C(C)C. The molecule has 62 heavy (non-hydrogen) atoms. The fourth-order valence-electron chi connectivity index (χ4n) is 5.82. The fraction of sp³-hybridized carbons (Fsp3) is 0.737. The van der Waals surface area contributed by atoms with Crippen LogP contribution in [0.5, 0.6) is 0 Å². The van der Waals surface area contributed by atoms with Crippen LogP contribution >= 0.6 is 12.6 Å². The first-order valence-electron chi connectivity index (χ1n) is 20.4. The van der Waals surface area contributed by atoms with Gasteiger partial charge in [0.1, 0.15) is 43.4 Å². The number of amides is 8. The number of ether oxygens (including phenoxy) is 4. The molecule has 0 unspecified atom stereocenters. The fourth-order valence-corrected chi connectivity index (χ4v) is 6.08. The quantitative estimate of drug-likeness (QED) is 0.0187. The maximum absolute atomic E-state index is 13.8. The Morgan fingerprint density at radius 1 is 0.758 bits per heavy atom. The Kier molecular flexibility index (Phi) is 26.6. The van der Waals surface area contributed by atoms with Gasteiger partial charge < -0.3 is 66.6 Å². The minimum atomic E-state index is -1.55. The molecule has 0 aromatic heterocycles. The highest BCUT2D eigenvalue weighted by Gasteiger charge is 2.40. The normalized spacial score (nSPS) is 15.9. The summed E-state index contributed by atoms with van der Waals surface area (Å²) in [6, 6.07) is -5.79. The van der Waals surface area contributed by atoms with E-state index in [0.29, 0.717) is 12.8 Å². The smallest absolute Gasteiger partial charge is 0.325 e. The van der Waals surface area contributed by atoms with Crippen LogP contribution in [0.4, 0.5) is 0 Å². The average Bonchev–Trinajstić information content (AvgIpc) is 3.71. The Labute approximate surface area is 366 Å². The third-order valence-corrected chi connectivity index (χ3v) is 9.69. The van der Waals surface area contributed by atoms with Crippen LogP contribution < -0.4 is 37.6 Å². The number of carboxylic acid groups (broad SMARTS) is 1. The molecular formula is C38H64N8O15S. The first kappa shape index (κ1) is 54.9. The molecule has 0 radical (unpaired) electrons. The molecule has 8 amide bonds. The summed E-state index contributed by atoms with van der Waals surface area (Å²) in [4.78, 5) is 127. The number of rotatable bonds is 31. The van der Waals surface area contributed by atoms with Gasteiger partial charge in [-0.15, -0.1) is 0 Å². The lowest BCUT2D eigenvalue weighted by molar-refractivity contribution is -0.146. The Balaban J connectivity index is 2.70. The number of nitrogens with two attached hydrogens (primary N) is 1. The lowest BCUT2D eigenvalue weighted by atomic mass is 9.97. The van der Waals surface area contributed by atoms with Crippen molar-refractivity contribution in [2.75, 3.05) is 71.6 Å². The van der Waals surface area contributed by atoms with Crippen LogP contribution in [0.1, 0.15) is 66.7 Å². The van der Waals surface area contributed by atoms with E-state index < -0.39 is 115 Å². The highest BCUT2D eigenvalue weighted by molar-refractivity contribution is 7.80. The molecule has 0 spiro atoms. The molecule has 352 valence electrons. The zero-order valence-corrected chi connectivity index (χ0v) is 36.9. The van der Waals surface area contributed by atoms with Gasteiger partial charge in [0.2, 0.25) is 47.3 Å². The summed E-state index contributed by atoms with van der Waals surface area (Å²) in [5, 5.41) is 23.3. The summed E-state index contributed by atoms with van der Waals surface area (Å²) >= 11 is 4.12. The molecule has 23 nitrogen and oxygen atoms in total. The number of likely N-dealkylation sites (tertiary alicyclic amines) is 1. The van der Waals surface area contributed by atoms with Crippen molar-refractivity contribution in [2.45, 2.75) is 96.9 Å². The van der Waals surface area contributed by atoms with E-state index in [-0.39, 0.29) is 77.3 Å². The molecule has 1 saturated heterocycles. The van der Waals surface area contributed by atoms with Crippen molar-refractivity contribution in [1.29, 1.82) is 0 Å². The minimum Gasteiger partial charge on any atom is -0.481 e. The zero-order valence-electron chi connectivity index (χ0n) is 36.0. The van der Waals surface area contributed by atoms with Crippen LogP contribution in [0.2, 0.25) is 0 Å². The molecule has 6 atom stereocenters. The third-order valence-electron chi connectivity index (χ3n) is 9.32. The number of nitrogens with one attached hydrogen (secondary N) is 6. The minimum absolute atomic E-state index is 0.0189. The largest absolute Gasteiger partial charge is 0.481 e. The van der Waals surface area contributed by atoms with Gasteiger partial charge in [0.25, 0.3) is 0 Å². The number of carbonyl (C=O) groups excluding carboxylic acids is 9. The van der Waals surface area contributed by atoms with E-state index in [2.05, 4.69) is 44.5 Å². The molecule has 1 aliphatic rings. The molecule has 0 saturated carbocycles. The number of nitrogens with zero attached hydrogens (tertiary/aromatic N) is 1. The van der Waals surface area contributed by atoms with Gasteiger partial charge in [0.15, 0.2) is 0 Å². The third kappa shape index (κ3) is 21.6. The van der Waals surface area contributed by atoms with Crippen molar-refractivity contribution < 1.29 is 72.0 Å². The van der Waals surface area contributed by atoms with Crippen molar-refractivity contribution in [3.8, 4) is 0 Å². The maximum atomic E-state index is 13.8. The molecule has 1 heterocycles. The van der Waals surface area contributed by atoms with Gasteiger partial charge >= 0.3 is 11.9 Å². The van der Waals surface area contributed by atoms with Crippen LogP contribution in [0.3, 0.4) is 0 Å². The maximum Gasteiger partial charge on any atom is 0.325 e. The topological polar surface area (TPSA) is 329 Å². The molecule has 1 fully saturated rings. The summed E-state index contributed by atoms with van der Waals surface area (Å²) < 4.78 is 20.7. The predicted molar refractivity (Wildman–Crippen MR) is 222 cm³/mol. The van der Waals surface area contributed by atoms with E-state index in [1.54, 1.807) is 20.8 Å². The van der Waals surface area contributed by atoms with Crippen LogP contribution in [-0.2, 0) is 66.9 Å². The van der Waals surface area contributed by atoms with Crippen LogP contribution in [0, 0.1) is 11.8 Å². The second kappa shape index (κ2) is 30.1. The second-order valence-electron chi connectivity index (χ2n) is 14.7. The molecule has 0 aromatic carbocycles. The van der Waals surface area contributed by atoms with Crippen molar-refractivity contribution in [3.63, 3.8) is 0 Å². The van der Waals surface area contributed by atoms with E-state index in [4.69, 9.17) is 29.8 Å². The molecule has 9 N–H and O–H groups in total. The van der Waals surface area contributed by atoms with Gasteiger partial charge in [-0.05, 0) is 24.7 Å². The van der Waals surface area contributed by atoms with E-state index >= 15 is 0 Å². The lowest BCUT2D eigenvalue weighted by Gasteiger charge is -2.32. The number of hydrogen-bond acceptors (Lipinski definition) is 15. The molecule has 0 bridgehead atoms. The van der Waals surface area contributed by atoms with E-state index in [1.807, 2.05) is 6.92 Å². The van der Waals surface area contributed by atoms with Gasteiger partial charge in [0.05, 0.1) is 59.0 Å². The standard InChI is InChI=1S/C38H64N8O15S/c1-6-23(4)33(45-35(54)26(21-62)42-24(5)47)38(57)46-10-7-8-27(46)36(55)40-19-29(49)43-25(18-28(39)48)34(53)44-32(22(2)3)37(56)41-20-31(52)61-17-16-60-15-14-59-13-12-58-11-9-30(50)51/h22-23,25-27,32-33,62H,6-21H2,1-5H3,(H2,39,48)(H,40,55)(H,41,56)(H,42,47)(H,43,49)(H,44,53)(H,45,54)(H,50,51)/t23-,25-,26-,27-,32-,33-/m0/s1. The van der Waals surface area contributed by atoms with Crippen LogP contribution in [0.25, 0.3) is 0 Å². The van der Waals surface area contributed by atoms with E-state index in [9.17, 15) is 47.9 Å². The zero-order chi connectivity index (χ0) is 46.8. The molecule has 0 aliphatic carbocycles. The van der Waals surface area contributed by atoms with Gasteiger partial charge in [-0.3, -0.25) is 47.9 Å². The Morgan fingerprint density at radius 3 is 1.89 bits per heavy atom. The Hall–Kier alpha value is -5.07. The predicted octanol–water partition coefficient (Wildman–Crippen LogP) is -3.26. The number of carbonyl (C=O) groups is 10. The van der Waals surface area contributed by atoms with Crippen LogP contribution in [-0.4, -0.2) is 171 Å². The van der Waals surface area contributed by atoms with Crippen LogP contribution in [0.15, 0.2) is 0 Å². The van der Waals surface area contributed by atoms with Gasteiger partial charge in [0, 0.05) is 19.2 Å². The number of primary amides is 1. The van der Waals surface area contributed by atoms with Gasteiger partial charge in [-0.1, -0.05) is 34.1 Å². The summed E-state index contributed by atoms with van der Waals surface area (Å²) in [5.74, 6) is -8.47. The summed E-state index contributed by atoms with van der Waals surface area (Å²) in [5.41, 5.74) is 5.33. The number of hydrogen-bond donors (Lipinski definition) is 9. The number of aliphatic carboxylic acids is 1. The summed E-state index contributed by atoms with van der Waals surface area (Å²) in [7, 11) is 0. The summed E-state index contributed by atoms with van der Waals surface area (Å²) in [6.45, 7) is 7.92. The first-order valence-corrected chi connectivity index (χ1v) is 21.0. The van der Waals surface area contributed by atoms with Gasteiger partial charge in [-0.2, -0.15) is 12.6 Å². The molecule has 24 heteroatoms.